The number of aryl methyl sites for hydroxylation is 1. The zero-order valence-corrected chi connectivity index (χ0v) is 30.8. The van der Waals surface area contributed by atoms with Gasteiger partial charge in [-0.3, -0.25) is 24.4 Å². The van der Waals surface area contributed by atoms with E-state index in [-0.39, 0.29) is 22.0 Å². The maximum atomic E-state index is 11.4. The molecule has 0 bridgehead atoms. The molecule has 0 unspecified atom stereocenters. The zero-order chi connectivity index (χ0) is 34.2. The van der Waals surface area contributed by atoms with Gasteiger partial charge < -0.3 is 10.2 Å². The molecule has 0 aromatic heterocycles. The standard InChI is InChI=1S/C39H59N5O2/c1-36(2,3)30-20-27(14-13-15-43-18-19-44-17-16-42(12)35(43)44)33(45)28(21-30)24-40-26-39(10,11)41-25-29-22-31(37(4,5)6)23-32(34(29)46)38(7,8)9/h20-25H,13-19,26H2,1-12H3,(H-,40,41,45,46)/p+1. The van der Waals surface area contributed by atoms with Crippen molar-refractivity contribution in [2.45, 2.75) is 111 Å². The van der Waals surface area contributed by atoms with E-state index in [4.69, 9.17) is 9.98 Å². The van der Waals surface area contributed by atoms with E-state index in [1.165, 1.54) is 17.1 Å². The molecule has 0 radical (unpaired) electrons. The number of guanidine groups is 1. The van der Waals surface area contributed by atoms with E-state index in [0.29, 0.717) is 12.3 Å². The summed E-state index contributed by atoms with van der Waals surface area (Å²) in [6.45, 7) is 29.5. The smallest absolute Gasteiger partial charge is 0.350 e. The van der Waals surface area contributed by atoms with E-state index in [2.05, 4.69) is 108 Å². The molecule has 4 rings (SSSR count). The van der Waals surface area contributed by atoms with Crippen molar-refractivity contribution in [2.24, 2.45) is 9.98 Å². The fraction of sp³-hybridized carbons (Fsp3) is 0.615. The highest BCUT2D eigenvalue weighted by Gasteiger charge is 2.39. The largest absolute Gasteiger partial charge is 0.507 e. The first-order chi connectivity index (χ1) is 21.2. The van der Waals surface area contributed by atoms with Crippen LogP contribution in [0.3, 0.4) is 0 Å². The highest BCUT2D eigenvalue weighted by atomic mass is 16.3. The molecule has 2 heterocycles. The SMILES string of the molecule is C[N+]1=C2N(CCCc3cc(C(C)(C)C)cc(C=NCC(C)(C)N=Cc4cc(C(C)(C)C)cc(C(C)(C)C)c4O)c3O)CCN2CC1. The van der Waals surface area contributed by atoms with Crippen LogP contribution in [0, 0.1) is 0 Å². The Bertz CT molecular complexity index is 1510. The first-order valence-corrected chi connectivity index (χ1v) is 17.0. The van der Waals surface area contributed by atoms with Gasteiger partial charge in [0.15, 0.2) is 0 Å². The minimum atomic E-state index is -0.503. The third kappa shape index (κ3) is 8.32. The second-order valence-electron chi connectivity index (χ2n) is 17.1. The number of fused-ring (bicyclic) bond motifs is 1. The van der Waals surface area contributed by atoms with Crippen LogP contribution in [0.2, 0.25) is 0 Å². The van der Waals surface area contributed by atoms with Gasteiger partial charge in [-0.2, -0.15) is 0 Å². The average molecular weight is 631 g/mol. The van der Waals surface area contributed by atoms with Gasteiger partial charge in [0.1, 0.15) is 11.5 Å². The van der Waals surface area contributed by atoms with Gasteiger partial charge in [-0.15, -0.1) is 0 Å². The third-order valence-corrected chi connectivity index (χ3v) is 9.29. The van der Waals surface area contributed by atoms with Gasteiger partial charge in [-0.05, 0) is 71.8 Å². The summed E-state index contributed by atoms with van der Waals surface area (Å²) in [7, 11) is 2.18. The maximum absolute atomic E-state index is 11.4. The summed E-state index contributed by atoms with van der Waals surface area (Å²) in [6, 6.07) is 8.43. The lowest BCUT2D eigenvalue weighted by Crippen LogP contribution is -2.34. The lowest BCUT2D eigenvalue weighted by atomic mass is 9.79. The normalized spacial score (nSPS) is 16.5. The molecule has 2 aromatic rings. The van der Waals surface area contributed by atoms with Gasteiger partial charge in [0.2, 0.25) is 0 Å². The molecule has 2 aliphatic rings. The number of likely N-dealkylation sites (N-methyl/N-ethyl adjacent to an activating group) is 1. The van der Waals surface area contributed by atoms with Gasteiger partial charge in [-0.1, -0.05) is 74.4 Å². The number of aliphatic imine (C=N–C) groups is 2. The summed E-state index contributed by atoms with van der Waals surface area (Å²) in [5, 5.41) is 22.6. The molecule has 1 fully saturated rings. The Balaban J connectivity index is 1.52. The monoisotopic (exact) mass is 630 g/mol. The molecular formula is C39H60N5O2+. The Morgan fingerprint density at radius 3 is 1.98 bits per heavy atom. The quantitative estimate of drug-likeness (QED) is 0.234. The molecule has 0 spiro atoms. The second kappa shape index (κ2) is 13.0. The summed E-state index contributed by atoms with van der Waals surface area (Å²) in [5.41, 5.74) is 4.95. The molecule has 0 atom stereocenters. The van der Waals surface area contributed by atoms with Crippen molar-refractivity contribution in [3.05, 3.63) is 57.6 Å². The van der Waals surface area contributed by atoms with Crippen molar-refractivity contribution in [1.29, 1.82) is 0 Å². The number of rotatable bonds is 9. The van der Waals surface area contributed by atoms with Crippen LogP contribution in [0.1, 0.15) is 116 Å². The Morgan fingerprint density at radius 2 is 1.37 bits per heavy atom. The fourth-order valence-electron chi connectivity index (χ4n) is 6.23. The number of aromatic hydroxyl groups is 2. The van der Waals surface area contributed by atoms with Gasteiger partial charge in [0.25, 0.3) is 0 Å². The topological polar surface area (TPSA) is 74.7 Å². The van der Waals surface area contributed by atoms with Gasteiger partial charge in [0, 0.05) is 29.1 Å². The Hall–Kier alpha value is -3.35. The Morgan fingerprint density at radius 1 is 0.761 bits per heavy atom. The van der Waals surface area contributed by atoms with Crippen molar-refractivity contribution in [1.82, 2.24) is 9.80 Å². The Labute approximate surface area is 278 Å². The third-order valence-electron chi connectivity index (χ3n) is 9.29. The number of hydrogen-bond donors (Lipinski definition) is 2. The molecule has 1 saturated heterocycles. The van der Waals surface area contributed by atoms with Crippen LogP contribution in [0.5, 0.6) is 11.5 Å². The van der Waals surface area contributed by atoms with Crippen molar-refractivity contribution in [3.63, 3.8) is 0 Å². The van der Waals surface area contributed by atoms with Crippen LogP contribution in [0.15, 0.2) is 34.3 Å². The second-order valence-corrected chi connectivity index (χ2v) is 17.1. The molecule has 0 amide bonds. The van der Waals surface area contributed by atoms with E-state index in [9.17, 15) is 10.2 Å². The first-order valence-electron chi connectivity index (χ1n) is 17.0. The van der Waals surface area contributed by atoms with Gasteiger partial charge in [0.05, 0.1) is 51.9 Å². The average Bonchev–Trinajstić information content (AvgIpc) is 3.50. The summed E-state index contributed by atoms with van der Waals surface area (Å²) >= 11 is 0. The van der Waals surface area contributed by atoms with Crippen molar-refractivity contribution in [3.8, 4) is 11.5 Å². The number of phenols is 2. The summed E-state index contributed by atoms with van der Waals surface area (Å²) in [4.78, 5) is 14.7. The summed E-state index contributed by atoms with van der Waals surface area (Å²) in [5.74, 6) is 1.97. The molecule has 2 N–H and O–H groups in total. The van der Waals surface area contributed by atoms with E-state index in [1.54, 1.807) is 6.21 Å². The van der Waals surface area contributed by atoms with Crippen molar-refractivity contribution in [2.75, 3.05) is 46.3 Å². The number of phenolic OH excluding ortho intramolecular Hbond substituents is 2. The first kappa shape index (κ1) is 35.5. The van der Waals surface area contributed by atoms with Crippen LogP contribution < -0.4 is 0 Å². The highest BCUT2D eigenvalue weighted by Crippen LogP contribution is 2.37. The Kier molecular flexibility index (Phi) is 10.1. The molecule has 0 saturated carbocycles. The minimum absolute atomic E-state index is 0.0536. The van der Waals surface area contributed by atoms with Crippen molar-refractivity contribution < 1.29 is 14.8 Å². The van der Waals surface area contributed by atoms with Crippen LogP contribution in [0.25, 0.3) is 0 Å². The molecular weight excluding hydrogens is 570 g/mol. The molecule has 252 valence electrons. The van der Waals surface area contributed by atoms with Crippen LogP contribution in [-0.4, -0.2) is 94.8 Å². The van der Waals surface area contributed by atoms with Crippen LogP contribution in [-0.2, 0) is 22.7 Å². The minimum Gasteiger partial charge on any atom is -0.507 e. The van der Waals surface area contributed by atoms with Crippen LogP contribution in [0.4, 0.5) is 0 Å². The zero-order valence-electron chi connectivity index (χ0n) is 30.8. The number of nitrogens with zero attached hydrogens (tertiary/aromatic N) is 5. The lowest BCUT2D eigenvalue weighted by molar-refractivity contribution is -0.491. The predicted octanol–water partition coefficient (Wildman–Crippen LogP) is 6.87. The fourth-order valence-corrected chi connectivity index (χ4v) is 6.23. The molecule has 2 aromatic carbocycles. The molecule has 7 nitrogen and oxygen atoms in total. The van der Waals surface area contributed by atoms with E-state index in [1.807, 2.05) is 20.1 Å². The maximum Gasteiger partial charge on any atom is 0.350 e. The summed E-state index contributed by atoms with van der Waals surface area (Å²) < 4.78 is 2.36. The highest BCUT2D eigenvalue weighted by molar-refractivity contribution is 5.86. The lowest BCUT2D eigenvalue weighted by Gasteiger charge is -2.27. The molecule has 0 aliphatic carbocycles. The molecule has 46 heavy (non-hydrogen) atoms. The van der Waals surface area contributed by atoms with E-state index < -0.39 is 5.54 Å². The van der Waals surface area contributed by atoms with E-state index >= 15 is 0 Å². The van der Waals surface area contributed by atoms with Crippen LogP contribution >= 0.6 is 0 Å². The predicted molar refractivity (Wildman–Crippen MR) is 194 cm³/mol. The summed E-state index contributed by atoms with van der Waals surface area (Å²) in [6.07, 6.45) is 5.40. The van der Waals surface area contributed by atoms with E-state index in [0.717, 1.165) is 67.8 Å². The van der Waals surface area contributed by atoms with Gasteiger partial charge in [-0.25, -0.2) is 0 Å². The molecule has 2 aliphatic heterocycles. The van der Waals surface area contributed by atoms with Gasteiger partial charge >= 0.3 is 5.96 Å². The molecule has 7 heteroatoms. The van der Waals surface area contributed by atoms with Crippen molar-refractivity contribution >= 4 is 18.4 Å². The number of benzene rings is 2. The number of hydrogen-bond acceptors (Lipinski definition) is 6.